The minimum atomic E-state index is 0.714. The summed E-state index contributed by atoms with van der Waals surface area (Å²) in [5, 5.41) is 3.38. The van der Waals surface area contributed by atoms with E-state index >= 15 is 0 Å². The predicted molar refractivity (Wildman–Crippen MR) is 71.6 cm³/mol. The number of nitrogens with one attached hydrogen (secondary N) is 1. The predicted octanol–water partition coefficient (Wildman–Crippen LogP) is 1.19. The molecule has 1 aliphatic heterocycles. The van der Waals surface area contributed by atoms with Gasteiger partial charge in [0.15, 0.2) is 0 Å². The Labute approximate surface area is 109 Å². The summed E-state index contributed by atoms with van der Waals surface area (Å²) in [5.74, 6) is 1.74. The van der Waals surface area contributed by atoms with Gasteiger partial charge in [-0.2, -0.15) is 0 Å². The van der Waals surface area contributed by atoms with E-state index in [0.717, 1.165) is 45.0 Å². The molecular formula is C14H22N4. The fourth-order valence-corrected chi connectivity index (χ4v) is 2.66. The first-order valence-corrected chi connectivity index (χ1v) is 7.17. The maximum Gasteiger partial charge on any atom is 0.129 e. The molecule has 1 saturated heterocycles. The van der Waals surface area contributed by atoms with Crippen molar-refractivity contribution in [1.82, 2.24) is 20.2 Å². The molecule has 98 valence electrons. The number of nitrogens with zero attached hydrogens (tertiary/aromatic N) is 3. The van der Waals surface area contributed by atoms with Gasteiger partial charge in [-0.05, 0) is 18.9 Å². The maximum atomic E-state index is 4.73. The van der Waals surface area contributed by atoms with Crippen LogP contribution >= 0.6 is 0 Å². The molecule has 2 fully saturated rings. The molecule has 2 heterocycles. The summed E-state index contributed by atoms with van der Waals surface area (Å²) < 4.78 is 0. The third kappa shape index (κ3) is 2.87. The maximum absolute atomic E-state index is 4.73. The number of aromatic nitrogens is 2. The van der Waals surface area contributed by atoms with Crippen LogP contribution in [0, 0.1) is 0 Å². The van der Waals surface area contributed by atoms with Crippen LogP contribution in [0.3, 0.4) is 0 Å². The van der Waals surface area contributed by atoms with E-state index in [4.69, 9.17) is 4.98 Å². The molecule has 0 atom stereocenters. The second-order valence-corrected chi connectivity index (χ2v) is 5.37. The van der Waals surface area contributed by atoms with Crippen LogP contribution in [-0.4, -0.2) is 47.6 Å². The Morgan fingerprint density at radius 1 is 1.28 bits per heavy atom. The van der Waals surface area contributed by atoms with Crippen molar-refractivity contribution in [1.29, 1.82) is 0 Å². The zero-order valence-electron chi connectivity index (χ0n) is 10.9. The Morgan fingerprint density at radius 2 is 2.11 bits per heavy atom. The highest BCUT2D eigenvalue weighted by atomic mass is 15.2. The van der Waals surface area contributed by atoms with E-state index in [2.05, 4.69) is 21.3 Å². The first-order chi connectivity index (χ1) is 8.92. The molecule has 4 nitrogen and oxygen atoms in total. The molecule has 3 rings (SSSR count). The van der Waals surface area contributed by atoms with Crippen molar-refractivity contribution in [3.05, 3.63) is 23.8 Å². The molecule has 4 heteroatoms. The molecule has 0 amide bonds. The van der Waals surface area contributed by atoms with Crippen LogP contribution in [0.4, 0.5) is 0 Å². The molecular weight excluding hydrogens is 224 g/mol. The quantitative estimate of drug-likeness (QED) is 0.866. The molecule has 0 bridgehead atoms. The summed E-state index contributed by atoms with van der Waals surface area (Å²) in [4.78, 5) is 11.6. The fraction of sp³-hybridized carbons (Fsp3) is 0.714. The lowest BCUT2D eigenvalue weighted by atomic mass is 9.83. The summed E-state index contributed by atoms with van der Waals surface area (Å²) in [6.07, 6.45) is 6.92. The summed E-state index contributed by atoms with van der Waals surface area (Å²) in [5.41, 5.74) is 1.27. The van der Waals surface area contributed by atoms with Gasteiger partial charge in [-0.1, -0.05) is 6.42 Å². The SMILES string of the molecule is c1cc(C2CCC2)nc(CCN2CCNCC2)n1. The first kappa shape index (κ1) is 12.1. The highest BCUT2D eigenvalue weighted by Crippen LogP contribution is 2.34. The van der Waals surface area contributed by atoms with Crippen molar-refractivity contribution in [2.24, 2.45) is 0 Å². The van der Waals surface area contributed by atoms with Crippen LogP contribution in [0.2, 0.25) is 0 Å². The Balaban J connectivity index is 1.54. The molecule has 0 aromatic carbocycles. The molecule has 18 heavy (non-hydrogen) atoms. The Morgan fingerprint density at radius 3 is 2.83 bits per heavy atom. The molecule has 0 radical (unpaired) electrons. The first-order valence-electron chi connectivity index (χ1n) is 7.17. The van der Waals surface area contributed by atoms with Gasteiger partial charge in [0.2, 0.25) is 0 Å². The number of hydrogen-bond donors (Lipinski definition) is 1. The van der Waals surface area contributed by atoms with E-state index in [1.54, 1.807) is 0 Å². The van der Waals surface area contributed by atoms with E-state index in [1.807, 2.05) is 6.20 Å². The third-order valence-electron chi connectivity index (χ3n) is 4.11. The monoisotopic (exact) mass is 246 g/mol. The van der Waals surface area contributed by atoms with Gasteiger partial charge in [0.25, 0.3) is 0 Å². The minimum Gasteiger partial charge on any atom is -0.314 e. The van der Waals surface area contributed by atoms with Gasteiger partial charge < -0.3 is 10.2 Å². The van der Waals surface area contributed by atoms with Gasteiger partial charge in [-0.15, -0.1) is 0 Å². The van der Waals surface area contributed by atoms with Gasteiger partial charge in [-0.3, -0.25) is 0 Å². The highest BCUT2D eigenvalue weighted by molar-refractivity contribution is 5.11. The Kier molecular flexibility index (Phi) is 3.86. The van der Waals surface area contributed by atoms with Crippen molar-refractivity contribution in [2.45, 2.75) is 31.6 Å². The van der Waals surface area contributed by atoms with E-state index in [9.17, 15) is 0 Å². The second kappa shape index (κ2) is 5.76. The van der Waals surface area contributed by atoms with Crippen LogP contribution in [0.15, 0.2) is 12.3 Å². The Hall–Kier alpha value is -1.00. The molecule has 1 saturated carbocycles. The van der Waals surface area contributed by atoms with Crippen molar-refractivity contribution in [3.63, 3.8) is 0 Å². The van der Waals surface area contributed by atoms with Crippen LogP contribution in [-0.2, 0) is 6.42 Å². The molecule has 1 aliphatic carbocycles. The smallest absolute Gasteiger partial charge is 0.129 e. The lowest BCUT2D eigenvalue weighted by molar-refractivity contribution is 0.242. The summed E-state index contributed by atoms with van der Waals surface area (Å²) in [6, 6.07) is 2.10. The van der Waals surface area contributed by atoms with E-state index < -0.39 is 0 Å². The molecule has 1 N–H and O–H groups in total. The van der Waals surface area contributed by atoms with Gasteiger partial charge in [-0.25, -0.2) is 9.97 Å². The van der Waals surface area contributed by atoms with E-state index in [0.29, 0.717) is 5.92 Å². The lowest BCUT2D eigenvalue weighted by Crippen LogP contribution is -2.44. The highest BCUT2D eigenvalue weighted by Gasteiger charge is 2.21. The standard InChI is InChI=1S/C14H22N4/c1-2-12(3-1)13-4-6-16-14(17-13)5-9-18-10-7-15-8-11-18/h4,6,12,15H,1-3,5,7-11H2. The zero-order chi connectivity index (χ0) is 12.2. The van der Waals surface area contributed by atoms with Gasteiger partial charge in [0.05, 0.1) is 0 Å². The van der Waals surface area contributed by atoms with E-state index in [-0.39, 0.29) is 0 Å². The molecule has 2 aliphatic rings. The molecule has 0 unspecified atom stereocenters. The molecule has 0 spiro atoms. The van der Waals surface area contributed by atoms with Crippen molar-refractivity contribution in [2.75, 3.05) is 32.7 Å². The third-order valence-corrected chi connectivity index (χ3v) is 4.11. The van der Waals surface area contributed by atoms with Crippen LogP contribution in [0.1, 0.15) is 36.7 Å². The van der Waals surface area contributed by atoms with Crippen LogP contribution < -0.4 is 5.32 Å². The number of hydrogen-bond acceptors (Lipinski definition) is 4. The molecule has 1 aromatic heterocycles. The summed E-state index contributed by atoms with van der Waals surface area (Å²) >= 11 is 0. The largest absolute Gasteiger partial charge is 0.314 e. The number of rotatable bonds is 4. The van der Waals surface area contributed by atoms with Crippen molar-refractivity contribution in [3.8, 4) is 0 Å². The van der Waals surface area contributed by atoms with Crippen LogP contribution in [0.5, 0.6) is 0 Å². The second-order valence-electron chi connectivity index (χ2n) is 5.37. The normalized spacial score (nSPS) is 21.8. The van der Waals surface area contributed by atoms with Gasteiger partial charge in [0.1, 0.15) is 5.82 Å². The van der Waals surface area contributed by atoms with Crippen molar-refractivity contribution < 1.29 is 0 Å². The Bertz CT molecular complexity index is 383. The minimum absolute atomic E-state index is 0.714. The average molecular weight is 246 g/mol. The number of piperazine rings is 1. The lowest BCUT2D eigenvalue weighted by Gasteiger charge is -2.27. The average Bonchev–Trinajstić information content (AvgIpc) is 2.36. The topological polar surface area (TPSA) is 41.1 Å². The van der Waals surface area contributed by atoms with E-state index in [1.165, 1.54) is 25.0 Å². The molecule has 1 aromatic rings. The summed E-state index contributed by atoms with van der Waals surface area (Å²) in [6.45, 7) is 5.63. The van der Waals surface area contributed by atoms with Gasteiger partial charge >= 0.3 is 0 Å². The fourth-order valence-electron chi connectivity index (χ4n) is 2.66. The zero-order valence-corrected chi connectivity index (χ0v) is 10.9. The summed E-state index contributed by atoms with van der Waals surface area (Å²) in [7, 11) is 0. The van der Waals surface area contributed by atoms with Crippen molar-refractivity contribution >= 4 is 0 Å². The van der Waals surface area contributed by atoms with Gasteiger partial charge in [0, 0.05) is 57.0 Å². The van der Waals surface area contributed by atoms with Crippen LogP contribution in [0.25, 0.3) is 0 Å².